The van der Waals surface area contributed by atoms with E-state index in [4.69, 9.17) is 17.3 Å². The third-order valence-electron chi connectivity index (χ3n) is 3.60. The van der Waals surface area contributed by atoms with Crippen LogP contribution in [0.3, 0.4) is 0 Å². The molecule has 2 aromatic rings. The summed E-state index contributed by atoms with van der Waals surface area (Å²) < 4.78 is 0. The number of aromatic nitrogens is 1. The predicted molar refractivity (Wildman–Crippen MR) is 89.1 cm³/mol. The van der Waals surface area contributed by atoms with E-state index in [0.717, 1.165) is 17.7 Å². The van der Waals surface area contributed by atoms with Gasteiger partial charge in [-0.2, -0.15) is 0 Å². The summed E-state index contributed by atoms with van der Waals surface area (Å²) in [6, 6.07) is 9.24. The van der Waals surface area contributed by atoms with Crippen LogP contribution in [-0.4, -0.2) is 16.6 Å². The van der Waals surface area contributed by atoms with E-state index in [1.54, 1.807) is 30.1 Å². The summed E-state index contributed by atoms with van der Waals surface area (Å²) in [5, 5.41) is 3.78. The van der Waals surface area contributed by atoms with Crippen molar-refractivity contribution in [3.05, 3.63) is 58.4 Å². The van der Waals surface area contributed by atoms with Crippen LogP contribution in [0.4, 0.5) is 0 Å². The molecule has 0 saturated carbocycles. The number of fused-ring (bicyclic) bond motifs is 1. The first-order valence-corrected chi connectivity index (χ1v) is 8.42. The molecule has 1 aliphatic rings. The molecule has 3 N–H and O–H groups in total. The second-order valence-electron chi connectivity index (χ2n) is 5.09. The van der Waals surface area contributed by atoms with Crippen molar-refractivity contribution in [1.29, 1.82) is 0 Å². The molecule has 6 heteroatoms. The number of carbonyl (C=O) groups excluding carboxylic acids is 1. The fraction of sp³-hybridized carbons (Fsp3) is 0.250. The summed E-state index contributed by atoms with van der Waals surface area (Å²) in [7, 11) is 0. The molecule has 0 fully saturated rings. The molecule has 0 saturated heterocycles. The standard InChI is InChI=1S/C16H16ClN3OS/c17-11-1-2-15-13(8-11)14(4-6-22-15)20-16(21)10-3-5-19-12(7-10)9-18/h1-3,5,7-8,14H,4,6,9,18H2,(H,20,21). The Morgan fingerprint density at radius 3 is 3.09 bits per heavy atom. The fourth-order valence-corrected chi connectivity index (χ4v) is 3.77. The summed E-state index contributed by atoms with van der Waals surface area (Å²) in [4.78, 5) is 17.7. The van der Waals surface area contributed by atoms with E-state index in [-0.39, 0.29) is 11.9 Å². The normalized spacial score (nSPS) is 16.9. The van der Waals surface area contributed by atoms with Gasteiger partial charge in [0.25, 0.3) is 5.91 Å². The molecule has 0 spiro atoms. The highest BCUT2D eigenvalue weighted by molar-refractivity contribution is 7.99. The third kappa shape index (κ3) is 3.27. The molecule has 1 amide bonds. The quantitative estimate of drug-likeness (QED) is 0.905. The van der Waals surface area contributed by atoms with Gasteiger partial charge in [-0.15, -0.1) is 11.8 Å². The average molecular weight is 334 g/mol. The van der Waals surface area contributed by atoms with Crippen molar-refractivity contribution in [3.8, 4) is 0 Å². The molecule has 1 aliphatic heterocycles. The number of hydrogen-bond donors (Lipinski definition) is 2. The van der Waals surface area contributed by atoms with E-state index < -0.39 is 0 Å². The van der Waals surface area contributed by atoms with Gasteiger partial charge in [0, 0.05) is 34.0 Å². The lowest BCUT2D eigenvalue weighted by Gasteiger charge is -2.26. The Balaban J connectivity index is 1.82. The van der Waals surface area contributed by atoms with Crippen molar-refractivity contribution < 1.29 is 4.79 Å². The van der Waals surface area contributed by atoms with E-state index >= 15 is 0 Å². The van der Waals surface area contributed by atoms with Crippen LogP contribution in [0.25, 0.3) is 0 Å². The van der Waals surface area contributed by atoms with Crippen LogP contribution in [-0.2, 0) is 6.54 Å². The summed E-state index contributed by atoms with van der Waals surface area (Å²) in [6.45, 7) is 0.319. The van der Waals surface area contributed by atoms with Crippen molar-refractivity contribution in [2.75, 3.05) is 5.75 Å². The number of nitrogens with two attached hydrogens (primary N) is 1. The lowest BCUT2D eigenvalue weighted by molar-refractivity contribution is 0.0934. The van der Waals surface area contributed by atoms with Gasteiger partial charge in [0.2, 0.25) is 0 Å². The molecular formula is C16H16ClN3OS. The third-order valence-corrected chi connectivity index (χ3v) is 4.96. The molecule has 2 heterocycles. The number of nitrogens with zero attached hydrogens (tertiary/aromatic N) is 1. The van der Waals surface area contributed by atoms with Gasteiger partial charge in [0.1, 0.15) is 0 Å². The largest absolute Gasteiger partial charge is 0.345 e. The van der Waals surface area contributed by atoms with Gasteiger partial charge < -0.3 is 11.1 Å². The van der Waals surface area contributed by atoms with Crippen LogP contribution in [0.15, 0.2) is 41.4 Å². The van der Waals surface area contributed by atoms with Crippen molar-refractivity contribution >= 4 is 29.3 Å². The Bertz CT molecular complexity index is 708. The zero-order chi connectivity index (χ0) is 15.5. The second-order valence-corrected chi connectivity index (χ2v) is 6.66. The van der Waals surface area contributed by atoms with Gasteiger partial charge in [0.15, 0.2) is 0 Å². The number of nitrogens with one attached hydrogen (secondary N) is 1. The van der Waals surface area contributed by atoms with Crippen LogP contribution in [0.5, 0.6) is 0 Å². The Kier molecular flexibility index (Phi) is 4.66. The van der Waals surface area contributed by atoms with Gasteiger partial charge in [-0.1, -0.05) is 11.6 Å². The molecule has 114 valence electrons. The highest BCUT2D eigenvalue weighted by Crippen LogP contribution is 2.37. The number of hydrogen-bond acceptors (Lipinski definition) is 4. The van der Waals surface area contributed by atoms with Gasteiger partial charge in [-0.3, -0.25) is 9.78 Å². The number of benzene rings is 1. The first-order valence-electron chi connectivity index (χ1n) is 7.05. The van der Waals surface area contributed by atoms with E-state index in [9.17, 15) is 4.79 Å². The van der Waals surface area contributed by atoms with Crippen LogP contribution in [0, 0.1) is 0 Å². The van der Waals surface area contributed by atoms with Gasteiger partial charge >= 0.3 is 0 Å². The first kappa shape index (κ1) is 15.3. The average Bonchev–Trinajstić information content (AvgIpc) is 2.55. The number of rotatable bonds is 3. The highest BCUT2D eigenvalue weighted by atomic mass is 35.5. The summed E-state index contributed by atoms with van der Waals surface area (Å²) in [6.07, 6.45) is 2.50. The minimum Gasteiger partial charge on any atom is -0.345 e. The fourth-order valence-electron chi connectivity index (χ4n) is 2.49. The summed E-state index contributed by atoms with van der Waals surface area (Å²) in [5.74, 6) is 0.865. The number of amides is 1. The number of thioether (sulfide) groups is 1. The maximum Gasteiger partial charge on any atom is 0.251 e. The number of pyridine rings is 1. The molecule has 0 aliphatic carbocycles. The van der Waals surface area contributed by atoms with E-state index in [1.807, 2.05) is 18.2 Å². The van der Waals surface area contributed by atoms with Gasteiger partial charge in [-0.25, -0.2) is 0 Å². The molecule has 1 aromatic heterocycles. The number of halogens is 1. The summed E-state index contributed by atoms with van der Waals surface area (Å²) in [5.41, 5.74) is 7.94. The topological polar surface area (TPSA) is 68.0 Å². The Hall–Kier alpha value is -1.56. The van der Waals surface area contributed by atoms with Crippen LogP contribution in [0.2, 0.25) is 5.02 Å². The molecule has 22 heavy (non-hydrogen) atoms. The summed E-state index contributed by atoms with van der Waals surface area (Å²) >= 11 is 7.88. The molecule has 1 atom stereocenters. The molecule has 0 bridgehead atoms. The highest BCUT2D eigenvalue weighted by Gasteiger charge is 2.23. The molecule has 1 unspecified atom stereocenters. The molecule has 1 aromatic carbocycles. The van der Waals surface area contributed by atoms with Crippen molar-refractivity contribution in [1.82, 2.24) is 10.3 Å². The molecular weight excluding hydrogens is 318 g/mol. The zero-order valence-electron chi connectivity index (χ0n) is 11.9. The Labute approximate surface area is 138 Å². The lowest BCUT2D eigenvalue weighted by atomic mass is 10.0. The Morgan fingerprint density at radius 2 is 2.27 bits per heavy atom. The van der Waals surface area contributed by atoms with Gasteiger partial charge in [-0.05, 0) is 42.3 Å². The van der Waals surface area contributed by atoms with E-state index in [0.29, 0.717) is 22.8 Å². The van der Waals surface area contributed by atoms with Crippen LogP contribution >= 0.6 is 23.4 Å². The lowest BCUT2D eigenvalue weighted by Crippen LogP contribution is -2.30. The van der Waals surface area contributed by atoms with E-state index in [2.05, 4.69) is 10.3 Å². The van der Waals surface area contributed by atoms with Crippen LogP contribution in [0.1, 0.15) is 34.1 Å². The van der Waals surface area contributed by atoms with Crippen LogP contribution < -0.4 is 11.1 Å². The predicted octanol–water partition coefficient (Wildman–Crippen LogP) is 3.16. The number of carbonyl (C=O) groups is 1. The molecule has 4 nitrogen and oxygen atoms in total. The zero-order valence-corrected chi connectivity index (χ0v) is 13.5. The molecule has 0 radical (unpaired) electrons. The van der Waals surface area contributed by atoms with Crippen molar-refractivity contribution in [3.63, 3.8) is 0 Å². The Morgan fingerprint density at radius 1 is 1.41 bits per heavy atom. The second kappa shape index (κ2) is 6.69. The smallest absolute Gasteiger partial charge is 0.251 e. The first-order chi connectivity index (χ1) is 10.7. The monoisotopic (exact) mass is 333 g/mol. The maximum atomic E-state index is 12.5. The SMILES string of the molecule is NCc1cc(C(=O)NC2CCSc3ccc(Cl)cc32)ccn1. The van der Waals surface area contributed by atoms with Gasteiger partial charge in [0.05, 0.1) is 11.7 Å². The molecule has 3 rings (SSSR count). The van der Waals surface area contributed by atoms with E-state index in [1.165, 1.54) is 4.90 Å². The minimum atomic E-state index is -0.111. The minimum absolute atomic E-state index is 0.0167. The van der Waals surface area contributed by atoms with Crippen molar-refractivity contribution in [2.45, 2.75) is 23.9 Å². The van der Waals surface area contributed by atoms with Crippen molar-refractivity contribution in [2.24, 2.45) is 5.73 Å². The maximum absolute atomic E-state index is 12.5.